The molecule has 0 saturated heterocycles. The number of nitrogens with zero attached hydrogens (tertiary/aromatic N) is 1. The number of aryl methyl sites for hydroxylation is 1. The van der Waals surface area contributed by atoms with Crippen molar-refractivity contribution in [1.82, 2.24) is 10.2 Å². The molecule has 0 aromatic heterocycles. The van der Waals surface area contributed by atoms with Gasteiger partial charge in [-0.2, -0.15) is 0 Å². The highest BCUT2D eigenvalue weighted by molar-refractivity contribution is 7.99. The van der Waals surface area contributed by atoms with Gasteiger partial charge in [-0.25, -0.2) is 4.39 Å². The van der Waals surface area contributed by atoms with Crippen LogP contribution >= 0.6 is 11.8 Å². The van der Waals surface area contributed by atoms with E-state index in [1.807, 2.05) is 45.0 Å². The Morgan fingerprint density at radius 1 is 1.03 bits per heavy atom. The topological polar surface area (TPSA) is 49.4 Å². The first kappa shape index (κ1) is 22.9. The number of hydrogen-bond acceptors (Lipinski definition) is 3. The zero-order valence-electron chi connectivity index (χ0n) is 17.4. The molecule has 4 nitrogen and oxygen atoms in total. The van der Waals surface area contributed by atoms with Gasteiger partial charge in [-0.05, 0) is 50.5 Å². The summed E-state index contributed by atoms with van der Waals surface area (Å²) in [6.45, 7) is 7.88. The Hall–Kier alpha value is -2.34. The van der Waals surface area contributed by atoms with E-state index >= 15 is 0 Å². The number of carbonyl (C=O) groups is 2. The van der Waals surface area contributed by atoms with E-state index in [4.69, 9.17) is 0 Å². The summed E-state index contributed by atoms with van der Waals surface area (Å²) in [5.74, 6) is -0.00109. The molecule has 29 heavy (non-hydrogen) atoms. The van der Waals surface area contributed by atoms with E-state index in [0.717, 1.165) is 11.1 Å². The molecule has 2 aromatic carbocycles. The summed E-state index contributed by atoms with van der Waals surface area (Å²) in [5.41, 5.74) is 2.64. The molecule has 0 radical (unpaired) electrons. The highest BCUT2D eigenvalue weighted by atomic mass is 32.2. The number of benzene rings is 2. The summed E-state index contributed by atoms with van der Waals surface area (Å²) in [7, 11) is 0. The Morgan fingerprint density at radius 3 is 2.28 bits per heavy atom. The van der Waals surface area contributed by atoms with Gasteiger partial charge in [-0.3, -0.25) is 9.59 Å². The van der Waals surface area contributed by atoms with Crippen molar-refractivity contribution in [2.24, 2.45) is 0 Å². The summed E-state index contributed by atoms with van der Waals surface area (Å²) in [5, 5.41) is 2.88. The van der Waals surface area contributed by atoms with Gasteiger partial charge < -0.3 is 10.2 Å². The quantitative estimate of drug-likeness (QED) is 0.663. The molecule has 0 bridgehead atoms. The van der Waals surface area contributed by atoms with Crippen LogP contribution in [0.15, 0.2) is 48.5 Å². The van der Waals surface area contributed by atoms with E-state index in [2.05, 4.69) is 5.32 Å². The maximum Gasteiger partial charge on any atom is 0.242 e. The highest BCUT2D eigenvalue weighted by Gasteiger charge is 2.26. The van der Waals surface area contributed by atoms with Crippen molar-refractivity contribution in [1.29, 1.82) is 0 Å². The molecular formula is C23H29FN2O2S. The van der Waals surface area contributed by atoms with E-state index in [1.54, 1.807) is 30.0 Å². The second kappa shape index (κ2) is 11.0. The molecule has 1 atom stereocenters. The Morgan fingerprint density at radius 2 is 1.66 bits per heavy atom. The average Bonchev–Trinajstić information content (AvgIpc) is 2.67. The van der Waals surface area contributed by atoms with Gasteiger partial charge in [0, 0.05) is 18.3 Å². The maximum atomic E-state index is 13.8. The molecule has 0 aliphatic heterocycles. The van der Waals surface area contributed by atoms with Crippen LogP contribution in [0.2, 0.25) is 0 Å². The Bertz CT molecular complexity index is 841. The van der Waals surface area contributed by atoms with Crippen LogP contribution in [0.25, 0.3) is 0 Å². The van der Waals surface area contributed by atoms with Gasteiger partial charge in [0.2, 0.25) is 11.8 Å². The fraction of sp³-hybridized carbons (Fsp3) is 0.391. The van der Waals surface area contributed by atoms with E-state index in [1.165, 1.54) is 17.8 Å². The van der Waals surface area contributed by atoms with Gasteiger partial charge in [0.15, 0.2) is 0 Å². The molecule has 0 spiro atoms. The molecule has 0 saturated carbocycles. The standard InChI is InChI=1S/C23H29FN2O2S/c1-16(2)25-23(28)18(4)26(13-19-10-6-5-9-17(19)3)22(27)15-29-14-20-11-7-8-12-21(20)24/h5-12,16,18H,13-15H2,1-4H3,(H,25,28)/t18-/m0/s1. The smallest absolute Gasteiger partial charge is 0.242 e. The van der Waals surface area contributed by atoms with Gasteiger partial charge in [0.1, 0.15) is 11.9 Å². The zero-order chi connectivity index (χ0) is 21.4. The van der Waals surface area contributed by atoms with Crippen molar-refractivity contribution < 1.29 is 14.0 Å². The minimum atomic E-state index is -0.599. The fourth-order valence-electron chi connectivity index (χ4n) is 2.91. The zero-order valence-corrected chi connectivity index (χ0v) is 18.3. The Balaban J connectivity index is 2.10. The Kier molecular flexibility index (Phi) is 8.70. The number of amides is 2. The Labute approximate surface area is 176 Å². The fourth-order valence-corrected chi connectivity index (χ4v) is 3.80. The van der Waals surface area contributed by atoms with Gasteiger partial charge in [0.05, 0.1) is 5.75 Å². The minimum absolute atomic E-state index is 0.00389. The third-order valence-corrected chi connectivity index (χ3v) is 5.61. The van der Waals surface area contributed by atoms with Crippen LogP contribution in [-0.2, 0) is 21.9 Å². The molecule has 0 unspecified atom stereocenters. The van der Waals surface area contributed by atoms with Crippen molar-refractivity contribution in [2.75, 3.05) is 5.75 Å². The third kappa shape index (κ3) is 6.89. The summed E-state index contributed by atoms with van der Waals surface area (Å²) in [4.78, 5) is 27.2. The number of carbonyl (C=O) groups excluding carboxylic acids is 2. The molecule has 2 aromatic rings. The van der Waals surface area contributed by atoms with E-state index in [-0.39, 0.29) is 29.4 Å². The van der Waals surface area contributed by atoms with Crippen LogP contribution in [0.1, 0.15) is 37.5 Å². The first-order valence-electron chi connectivity index (χ1n) is 9.75. The van der Waals surface area contributed by atoms with Crippen molar-refractivity contribution in [3.63, 3.8) is 0 Å². The maximum absolute atomic E-state index is 13.8. The summed E-state index contributed by atoms with van der Waals surface area (Å²) < 4.78 is 13.8. The first-order chi connectivity index (χ1) is 13.8. The number of halogens is 1. The van der Waals surface area contributed by atoms with Crippen LogP contribution in [0.3, 0.4) is 0 Å². The number of hydrogen-bond donors (Lipinski definition) is 1. The predicted molar refractivity (Wildman–Crippen MR) is 117 cm³/mol. The molecule has 156 valence electrons. The lowest BCUT2D eigenvalue weighted by Gasteiger charge is -2.30. The molecule has 6 heteroatoms. The number of nitrogens with one attached hydrogen (secondary N) is 1. The van der Waals surface area contributed by atoms with Crippen LogP contribution in [-0.4, -0.2) is 34.6 Å². The predicted octanol–water partition coefficient (Wildman–Crippen LogP) is 4.31. The average molecular weight is 417 g/mol. The molecule has 0 fully saturated rings. The molecule has 0 aliphatic carbocycles. The van der Waals surface area contributed by atoms with Gasteiger partial charge in [-0.15, -0.1) is 11.8 Å². The lowest BCUT2D eigenvalue weighted by molar-refractivity contribution is -0.138. The van der Waals surface area contributed by atoms with Crippen molar-refractivity contribution >= 4 is 23.6 Å². The van der Waals surface area contributed by atoms with Gasteiger partial charge in [0.25, 0.3) is 0 Å². The molecule has 2 rings (SSSR count). The second-order valence-electron chi connectivity index (χ2n) is 7.37. The van der Waals surface area contributed by atoms with Crippen LogP contribution in [0, 0.1) is 12.7 Å². The summed E-state index contributed by atoms with van der Waals surface area (Å²) >= 11 is 1.35. The van der Waals surface area contributed by atoms with Gasteiger partial charge >= 0.3 is 0 Å². The first-order valence-corrected chi connectivity index (χ1v) is 10.9. The molecular weight excluding hydrogens is 387 g/mol. The van der Waals surface area contributed by atoms with Crippen LogP contribution < -0.4 is 5.32 Å². The second-order valence-corrected chi connectivity index (χ2v) is 8.36. The molecule has 0 heterocycles. The van der Waals surface area contributed by atoms with Crippen LogP contribution in [0.4, 0.5) is 4.39 Å². The van der Waals surface area contributed by atoms with Crippen molar-refractivity contribution in [3.05, 3.63) is 71.0 Å². The largest absolute Gasteiger partial charge is 0.352 e. The third-order valence-electron chi connectivity index (χ3n) is 4.64. The van der Waals surface area contributed by atoms with E-state index in [9.17, 15) is 14.0 Å². The van der Waals surface area contributed by atoms with E-state index < -0.39 is 6.04 Å². The molecule has 1 N–H and O–H groups in total. The normalized spacial score (nSPS) is 11.9. The number of rotatable bonds is 9. The number of thioether (sulfide) groups is 1. The monoisotopic (exact) mass is 416 g/mol. The van der Waals surface area contributed by atoms with Crippen LogP contribution in [0.5, 0.6) is 0 Å². The molecule has 2 amide bonds. The lowest BCUT2D eigenvalue weighted by Crippen LogP contribution is -2.49. The SMILES string of the molecule is Cc1ccccc1CN(C(=O)CSCc1ccccc1F)[C@@H](C)C(=O)NC(C)C. The molecule has 0 aliphatic rings. The van der Waals surface area contributed by atoms with Crippen molar-refractivity contribution in [3.8, 4) is 0 Å². The van der Waals surface area contributed by atoms with Gasteiger partial charge in [-0.1, -0.05) is 42.5 Å². The highest BCUT2D eigenvalue weighted by Crippen LogP contribution is 2.19. The summed E-state index contributed by atoms with van der Waals surface area (Å²) in [6, 6.07) is 13.8. The minimum Gasteiger partial charge on any atom is -0.352 e. The van der Waals surface area contributed by atoms with E-state index in [0.29, 0.717) is 17.9 Å². The lowest BCUT2D eigenvalue weighted by atomic mass is 10.1. The van der Waals surface area contributed by atoms with Crippen molar-refractivity contribution in [2.45, 2.75) is 52.1 Å². The summed E-state index contributed by atoms with van der Waals surface area (Å²) in [6.07, 6.45) is 0.